The van der Waals surface area contributed by atoms with Crippen LogP contribution >= 0.6 is 0 Å². The van der Waals surface area contributed by atoms with Crippen molar-refractivity contribution in [3.63, 3.8) is 0 Å². The van der Waals surface area contributed by atoms with Crippen molar-refractivity contribution < 1.29 is 0 Å². The largest absolute Gasteiger partial charge is 0.0683 e. The second-order valence-electron chi connectivity index (χ2n) is 12.3. The molecular formula is C44H114. The molecule has 0 radical (unpaired) electrons. The molecule has 0 aromatic carbocycles. The van der Waals surface area contributed by atoms with Crippen molar-refractivity contribution in [1.29, 1.82) is 0 Å². The number of rotatable bonds is 4. The van der Waals surface area contributed by atoms with E-state index in [0.717, 1.165) is 11.8 Å². The average molecular weight is 643 g/mol. The van der Waals surface area contributed by atoms with Gasteiger partial charge in [0.15, 0.2) is 0 Å². The van der Waals surface area contributed by atoms with Crippen LogP contribution < -0.4 is 0 Å². The predicted octanol–water partition coefficient (Wildman–Crippen LogP) is 19.9. The molecule has 0 aliphatic rings. The van der Waals surface area contributed by atoms with Gasteiger partial charge in [0.1, 0.15) is 0 Å². The Morgan fingerprint density at radius 3 is 0.364 bits per heavy atom. The van der Waals surface area contributed by atoms with Gasteiger partial charge in [-0.3, -0.25) is 0 Å². The minimum atomic E-state index is 0.500. The van der Waals surface area contributed by atoms with Crippen LogP contribution in [0.5, 0.6) is 0 Å². The van der Waals surface area contributed by atoms with Crippen molar-refractivity contribution in [2.75, 3.05) is 0 Å². The summed E-state index contributed by atoms with van der Waals surface area (Å²) in [4.78, 5) is 0. The topological polar surface area (TPSA) is 0 Å². The molecule has 44 heavy (non-hydrogen) atoms. The Bertz CT molecular complexity index is 159. The molecule has 0 aliphatic carbocycles. The van der Waals surface area contributed by atoms with Crippen molar-refractivity contribution in [3.05, 3.63) is 0 Å². The third kappa shape index (κ3) is 1960. The SMILES string of the molecule is CC.CC.CC.CC(C)(C)C.CCC.CCC.CCC.CCC.CCC.CCC.CCC.CCCC(C)C.CCCC(C)C. The maximum atomic E-state index is 2.25. The van der Waals surface area contributed by atoms with Crippen LogP contribution in [0.3, 0.4) is 0 Å². The summed E-state index contributed by atoms with van der Waals surface area (Å²) in [6, 6.07) is 0. The van der Waals surface area contributed by atoms with Crippen LogP contribution in [-0.4, -0.2) is 0 Å². The molecule has 0 aromatic rings. The van der Waals surface area contributed by atoms with E-state index >= 15 is 0 Å². The van der Waals surface area contributed by atoms with Gasteiger partial charge < -0.3 is 0 Å². The fourth-order valence-corrected chi connectivity index (χ4v) is 1.15. The third-order valence-corrected chi connectivity index (χ3v) is 1.73. The molecule has 0 amide bonds. The monoisotopic (exact) mass is 643 g/mol. The van der Waals surface area contributed by atoms with Gasteiger partial charge in [0, 0.05) is 0 Å². The Kier molecular flexibility index (Phi) is 276. The van der Waals surface area contributed by atoms with Gasteiger partial charge in [-0.05, 0) is 17.3 Å². The average Bonchev–Trinajstić information content (AvgIpc) is 2.90. The summed E-state index contributed by atoms with van der Waals surface area (Å²) < 4.78 is 0. The Morgan fingerprint density at radius 2 is 0.364 bits per heavy atom. The van der Waals surface area contributed by atoms with E-state index in [1.807, 2.05) is 41.5 Å². The molecule has 0 fully saturated rings. The molecule has 0 nitrogen and oxygen atoms in total. The Balaban J connectivity index is -0.0000000219. The minimum Gasteiger partial charge on any atom is -0.0683 e. The summed E-state index contributed by atoms with van der Waals surface area (Å²) >= 11 is 0. The summed E-state index contributed by atoms with van der Waals surface area (Å²) in [5, 5.41) is 0. The Hall–Kier alpha value is 0. The lowest BCUT2D eigenvalue weighted by Crippen LogP contribution is -1.93. The van der Waals surface area contributed by atoms with E-state index in [1.165, 1.54) is 70.6 Å². The maximum absolute atomic E-state index is 2.25. The molecule has 0 heterocycles. The summed E-state index contributed by atoms with van der Waals surface area (Å²) in [5.74, 6) is 1.80. The van der Waals surface area contributed by atoms with Crippen molar-refractivity contribution in [2.24, 2.45) is 17.3 Å². The fraction of sp³-hybridized carbons (Fsp3) is 1.00. The lowest BCUT2D eigenvalue weighted by molar-refractivity contribution is 0.469. The molecule has 0 rings (SSSR count). The highest BCUT2D eigenvalue weighted by atomic mass is 14.0. The second-order valence-corrected chi connectivity index (χ2v) is 12.3. The first-order chi connectivity index (χ1) is 20.4. The Labute approximate surface area is 295 Å². The van der Waals surface area contributed by atoms with E-state index in [-0.39, 0.29) is 0 Å². The zero-order chi connectivity index (χ0) is 39.4. The van der Waals surface area contributed by atoms with Gasteiger partial charge in [0.25, 0.3) is 0 Å². The van der Waals surface area contributed by atoms with Crippen LogP contribution in [-0.2, 0) is 0 Å². The van der Waals surface area contributed by atoms with Crippen LogP contribution in [0.15, 0.2) is 0 Å². The van der Waals surface area contributed by atoms with Crippen LogP contribution in [0, 0.1) is 17.3 Å². The molecule has 290 valence electrons. The smallest absolute Gasteiger partial charge is 0.0411 e. The quantitative estimate of drug-likeness (QED) is 0.286. The van der Waals surface area contributed by atoms with Gasteiger partial charge in [-0.15, -0.1) is 0 Å². The first kappa shape index (κ1) is 84.7. The molecule has 0 aromatic heterocycles. The van der Waals surface area contributed by atoms with Gasteiger partial charge in [-0.25, -0.2) is 0 Å². The summed E-state index contributed by atoms with van der Waals surface area (Å²) in [6.07, 6.45) is 14.2. The molecule has 0 atom stereocenters. The van der Waals surface area contributed by atoms with Crippen LogP contribution in [0.2, 0.25) is 0 Å². The van der Waals surface area contributed by atoms with Gasteiger partial charge in [-0.1, -0.05) is 278 Å². The lowest BCUT2D eigenvalue weighted by Gasteiger charge is -2.05. The van der Waals surface area contributed by atoms with E-state index in [1.54, 1.807) is 0 Å². The molecular weight excluding hydrogens is 528 g/mol. The summed E-state index contributed by atoms with van der Waals surface area (Å²) in [5.41, 5.74) is 0.500. The van der Waals surface area contributed by atoms with E-state index < -0.39 is 0 Å². The van der Waals surface area contributed by atoms with Crippen LogP contribution in [0.25, 0.3) is 0 Å². The number of hydrogen-bond donors (Lipinski definition) is 0. The van der Waals surface area contributed by atoms with E-state index in [9.17, 15) is 0 Å². The highest BCUT2D eigenvalue weighted by Crippen LogP contribution is 2.08. The maximum Gasteiger partial charge on any atom is -0.0411 e. The van der Waals surface area contributed by atoms with E-state index in [4.69, 9.17) is 0 Å². The standard InChI is InChI=1S/2C6H14.C5H12.7C3H8.3C2H6/c2*1-4-5-6(2)3;1-5(2,3)4;7*1-3-2;3*1-2/h2*6H,4-5H2,1-3H3;1-4H3;7*3H2,1-2H3;3*1-2H3. The predicted molar refractivity (Wildman–Crippen MR) is 230 cm³/mol. The first-order valence-electron chi connectivity index (χ1n) is 20.4. The summed E-state index contributed by atoms with van der Waals surface area (Å²) in [6.45, 7) is 64.0. The first-order valence-corrected chi connectivity index (χ1v) is 20.4. The van der Waals surface area contributed by atoms with Gasteiger partial charge in [0.2, 0.25) is 0 Å². The fourth-order valence-electron chi connectivity index (χ4n) is 1.15. The molecule has 0 spiro atoms. The lowest BCUT2D eigenvalue weighted by atomic mass is 10.0. The van der Waals surface area contributed by atoms with Crippen molar-refractivity contribution in [1.82, 2.24) is 0 Å². The zero-order valence-corrected chi connectivity index (χ0v) is 39.4. The van der Waals surface area contributed by atoms with Crippen molar-refractivity contribution in [2.45, 2.75) is 278 Å². The van der Waals surface area contributed by atoms with Crippen molar-refractivity contribution in [3.8, 4) is 0 Å². The highest BCUT2D eigenvalue weighted by Gasteiger charge is 1.95. The van der Waals surface area contributed by atoms with Crippen LogP contribution in [0.1, 0.15) is 278 Å². The molecule has 0 saturated carbocycles. The molecule has 0 unspecified atom stereocenters. The molecule has 0 N–H and O–H groups in total. The molecule has 0 aliphatic heterocycles. The zero-order valence-electron chi connectivity index (χ0n) is 39.4. The molecule has 0 saturated heterocycles. The molecule has 0 bridgehead atoms. The summed E-state index contributed by atoms with van der Waals surface area (Å²) in [7, 11) is 0. The third-order valence-electron chi connectivity index (χ3n) is 1.73. The van der Waals surface area contributed by atoms with E-state index in [2.05, 4.69) is 166 Å². The normalized spacial score (nSPS) is 7.36. The Morgan fingerprint density at radius 1 is 0.295 bits per heavy atom. The molecule has 0 heteroatoms. The van der Waals surface area contributed by atoms with Gasteiger partial charge in [0.05, 0.1) is 0 Å². The van der Waals surface area contributed by atoms with Crippen molar-refractivity contribution >= 4 is 0 Å². The highest BCUT2D eigenvalue weighted by molar-refractivity contribution is 4.47. The van der Waals surface area contributed by atoms with Crippen LogP contribution in [0.4, 0.5) is 0 Å². The van der Waals surface area contributed by atoms with Gasteiger partial charge >= 0.3 is 0 Å². The van der Waals surface area contributed by atoms with E-state index in [0.29, 0.717) is 5.41 Å². The number of hydrogen-bond acceptors (Lipinski definition) is 0. The van der Waals surface area contributed by atoms with Gasteiger partial charge in [-0.2, -0.15) is 0 Å². The minimum absolute atomic E-state index is 0.500. The second kappa shape index (κ2) is 143.